The maximum Gasteiger partial charge on any atom is 0.302 e. The Labute approximate surface area is 225 Å². The Morgan fingerprint density at radius 2 is 1.59 bits per heavy atom. The minimum atomic E-state index is -0.719. The minimum Gasteiger partial charge on any atom is -0.461 e. The van der Waals surface area contributed by atoms with Crippen molar-refractivity contribution in [1.29, 1.82) is 0 Å². The number of Topliss-reactive ketones (excluding diaryl/α,β-unsaturated/α-hetero) is 1. The van der Waals surface area contributed by atoms with Gasteiger partial charge in [-0.05, 0) is 111 Å². The highest BCUT2D eigenvalue weighted by Gasteiger charge is 2.71. The molecular weight excluding hydrogens is 460 g/mol. The summed E-state index contributed by atoms with van der Waals surface area (Å²) >= 11 is 0. The molecule has 4 fully saturated rings. The Morgan fingerprint density at radius 1 is 0.919 bits per heavy atom. The Kier molecular flexibility index (Phi) is 6.24. The van der Waals surface area contributed by atoms with Gasteiger partial charge in [0.25, 0.3) is 0 Å². The fraction of sp³-hybridized carbons (Fsp3) is 0.879. The van der Waals surface area contributed by atoms with Crippen molar-refractivity contribution in [3.63, 3.8) is 0 Å². The predicted octanol–water partition coefficient (Wildman–Crippen LogP) is 7.14. The number of rotatable bonds is 2. The van der Waals surface area contributed by atoms with Crippen molar-refractivity contribution in [3.05, 3.63) is 11.6 Å². The van der Waals surface area contributed by atoms with Gasteiger partial charge < -0.3 is 9.84 Å². The number of ketones is 1. The van der Waals surface area contributed by atoms with E-state index in [1.165, 1.54) is 32.6 Å². The lowest BCUT2D eigenvalue weighted by Gasteiger charge is -2.72. The van der Waals surface area contributed by atoms with Gasteiger partial charge in [0.05, 0.1) is 11.5 Å². The number of aliphatic hydroxyl groups excluding tert-OH is 1. The first-order valence-corrected chi connectivity index (χ1v) is 15.1. The first-order chi connectivity index (χ1) is 17.1. The second-order valence-corrected chi connectivity index (χ2v) is 15.4. The SMILES string of the molecule is CC(=O)O[C@H]1CC[C@]2(C)C(CC[C@@]3(C)C2[C@@H](O)C=C2[C@@H]4[C@H](C)[C@@H](C)CC[C@@]4(C)CC[C@@]23C)[C@]1(C)C(C)=O. The summed E-state index contributed by atoms with van der Waals surface area (Å²) in [6, 6.07) is 0. The monoisotopic (exact) mass is 512 g/mol. The van der Waals surface area contributed by atoms with E-state index in [2.05, 4.69) is 47.6 Å². The highest BCUT2D eigenvalue weighted by molar-refractivity contribution is 5.84. The fourth-order valence-electron chi connectivity index (χ4n) is 11.5. The zero-order chi connectivity index (χ0) is 27.3. The van der Waals surface area contributed by atoms with Gasteiger partial charge in [-0.15, -0.1) is 0 Å². The van der Waals surface area contributed by atoms with Crippen LogP contribution in [0.4, 0.5) is 0 Å². The Hall–Kier alpha value is -1.16. The molecule has 0 aromatic carbocycles. The molecule has 4 nitrogen and oxygen atoms in total. The van der Waals surface area contributed by atoms with Crippen molar-refractivity contribution in [1.82, 2.24) is 0 Å². The van der Waals surface area contributed by atoms with Crippen LogP contribution in [0.1, 0.15) is 114 Å². The van der Waals surface area contributed by atoms with Crippen LogP contribution in [0.2, 0.25) is 0 Å². The number of hydrogen-bond acceptors (Lipinski definition) is 4. The van der Waals surface area contributed by atoms with Crippen LogP contribution in [0.25, 0.3) is 0 Å². The van der Waals surface area contributed by atoms with Crippen LogP contribution in [0.5, 0.6) is 0 Å². The van der Waals surface area contributed by atoms with Crippen LogP contribution in [-0.2, 0) is 14.3 Å². The summed E-state index contributed by atoms with van der Waals surface area (Å²) in [5, 5.41) is 12.1. The molecule has 2 unspecified atom stereocenters. The van der Waals surface area contributed by atoms with Crippen molar-refractivity contribution in [2.75, 3.05) is 0 Å². The molecule has 4 saturated carbocycles. The average Bonchev–Trinajstić information content (AvgIpc) is 2.79. The number of carbonyl (C=O) groups is 2. The molecule has 5 aliphatic carbocycles. The molecular formula is C33H52O4. The van der Waals surface area contributed by atoms with Gasteiger partial charge in [-0.2, -0.15) is 0 Å². The maximum absolute atomic E-state index is 13.3. The molecule has 0 aliphatic heterocycles. The molecule has 12 atom stereocenters. The molecule has 5 rings (SSSR count). The smallest absolute Gasteiger partial charge is 0.302 e. The molecule has 37 heavy (non-hydrogen) atoms. The largest absolute Gasteiger partial charge is 0.461 e. The average molecular weight is 513 g/mol. The van der Waals surface area contributed by atoms with E-state index < -0.39 is 11.5 Å². The summed E-state index contributed by atoms with van der Waals surface area (Å²) in [5.74, 6) is 1.86. The van der Waals surface area contributed by atoms with Gasteiger partial charge in [-0.3, -0.25) is 9.59 Å². The zero-order valence-corrected chi connectivity index (χ0v) is 24.9. The Balaban J connectivity index is 1.61. The quantitative estimate of drug-likeness (QED) is 0.316. The first-order valence-electron chi connectivity index (χ1n) is 15.1. The lowest BCUT2D eigenvalue weighted by molar-refractivity contribution is -0.230. The van der Waals surface area contributed by atoms with Crippen molar-refractivity contribution in [2.45, 2.75) is 126 Å². The van der Waals surface area contributed by atoms with Crippen LogP contribution in [-0.4, -0.2) is 29.1 Å². The molecule has 4 heteroatoms. The Bertz CT molecular complexity index is 1020. The van der Waals surface area contributed by atoms with Crippen molar-refractivity contribution >= 4 is 11.8 Å². The molecule has 1 N–H and O–H groups in total. The standard InChI is InChI=1S/C33H52O4/c1-19-10-13-29(5)16-17-31(7)23(27(29)20(19)2)18-24(36)28-30(6)14-12-26(37-22(4)35)33(9,21(3)34)25(30)11-15-32(28,31)8/h18-20,24-28,36H,10-17H2,1-9H3/t19-,20+,24-,25?,26-,27-,28?,29-,30+,31-,32-,33-/m0/s1. The molecule has 0 heterocycles. The van der Waals surface area contributed by atoms with Crippen molar-refractivity contribution in [3.8, 4) is 0 Å². The third kappa shape index (κ3) is 3.42. The zero-order valence-electron chi connectivity index (χ0n) is 24.9. The van der Waals surface area contributed by atoms with E-state index in [4.69, 9.17) is 4.74 Å². The number of esters is 1. The third-order valence-electron chi connectivity index (χ3n) is 14.0. The van der Waals surface area contributed by atoms with E-state index in [1.54, 1.807) is 12.5 Å². The van der Waals surface area contributed by atoms with E-state index in [9.17, 15) is 14.7 Å². The van der Waals surface area contributed by atoms with Crippen LogP contribution >= 0.6 is 0 Å². The summed E-state index contributed by atoms with van der Waals surface area (Å²) in [4.78, 5) is 25.3. The summed E-state index contributed by atoms with van der Waals surface area (Å²) in [6.07, 6.45) is 10.0. The number of fused-ring (bicyclic) bond motifs is 7. The number of carbonyl (C=O) groups excluding carboxylic acids is 2. The van der Waals surface area contributed by atoms with Gasteiger partial charge in [0.15, 0.2) is 0 Å². The van der Waals surface area contributed by atoms with Gasteiger partial charge >= 0.3 is 5.97 Å². The lowest BCUT2D eigenvalue weighted by atomic mass is 9.32. The number of ether oxygens (including phenoxy) is 1. The van der Waals surface area contributed by atoms with Crippen LogP contribution < -0.4 is 0 Å². The number of allylic oxidation sites excluding steroid dienone is 1. The summed E-state index contributed by atoms with van der Waals surface area (Å²) < 4.78 is 5.81. The van der Waals surface area contributed by atoms with Crippen molar-refractivity contribution < 1.29 is 19.4 Å². The maximum atomic E-state index is 13.3. The highest BCUT2D eigenvalue weighted by Crippen LogP contribution is 2.75. The summed E-state index contributed by atoms with van der Waals surface area (Å²) in [6.45, 7) is 20.0. The van der Waals surface area contributed by atoms with Gasteiger partial charge in [-0.1, -0.05) is 53.2 Å². The van der Waals surface area contributed by atoms with E-state index in [0.717, 1.165) is 19.3 Å². The molecule has 0 bridgehead atoms. The van der Waals surface area contributed by atoms with Gasteiger partial charge in [0, 0.05) is 12.8 Å². The van der Waals surface area contributed by atoms with Crippen LogP contribution in [0.15, 0.2) is 11.6 Å². The molecule has 0 radical (unpaired) electrons. The molecule has 0 aromatic heterocycles. The second kappa shape index (κ2) is 8.42. The number of hydrogen-bond donors (Lipinski definition) is 1. The van der Waals surface area contributed by atoms with Crippen LogP contribution in [0, 0.1) is 56.7 Å². The molecule has 0 amide bonds. The van der Waals surface area contributed by atoms with Gasteiger partial charge in [0.2, 0.25) is 0 Å². The summed E-state index contributed by atoms with van der Waals surface area (Å²) in [5.41, 5.74) is 0.992. The van der Waals surface area contributed by atoms with E-state index >= 15 is 0 Å². The van der Waals surface area contributed by atoms with Crippen LogP contribution in [0.3, 0.4) is 0 Å². The number of aliphatic hydroxyl groups is 1. The normalized spacial score (nSPS) is 55.1. The topological polar surface area (TPSA) is 63.6 Å². The molecule has 0 spiro atoms. The van der Waals surface area contributed by atoms with Crippen molar-refractivity contribution in [2.24, 2.45) is 56.7 Å². The minimum absolute atomic E-state index is 0.0323. The third-order valence-corrected chi connectivity index (χ3v) is 14.0. The van der Waals surface area contributed by atoms with E-state index in [1.807, 2.05) is 6.92 Å². The summed E-state index contributed by atoms with van der Waals surface area (Å²) in [7, 11) is 0. The molecule has 5 aliphatic rings. The Morgan fingerprint density at radius 3 is 2.22 bits per heavy atom. The molecule has 208 valence electrons. The van der Waals surface area contributed by atoms with Gasteiger partial charge in [0.1, 0.15) is 11.9 Å². The molecule has 0 aromatic rings. The van der Waals surface area contributed by atoms with E-state index in [-0.39, 0.29) is 45.9 Å². The highest BCUT2D eigenvalue weighted by atomic mass is 16.5. The second-order valence-electron chi connectivity index (χ2n) is 15.4. The van der Waals surface area contributed by atoms with Gasteiger partial charge in [-0.25, -0.2) is 0 Å². The fourth-order valence-corrected chi connectivity index (χ4v) is 11.5. The molecule has 0 saturated heterocycles. The first kappa shape index (κ1) is 27.4. The predicted molar refractivity (Wildman–Crippen MR) is 147 cm³/mol. The van der Waals surface area contributed by atoms with E-state index in [0.29, 0.717) is 29.6 Å². The lowest BCUT2D eigenvalue weighted by Crippen LogP contribution is -2.68.